The average Bonchev–Trinajstić information content (AvgIpc) is 2.64. The number of thioether (sulfide) groups is 1. The molecule has 2 N–H and O–H groups in total. The van der Waals surface area contributed by atoms with Gasteiger partial charge in [0.15, 0.2) is 0 Å². The van der Waals surface area contributed by atoms with Crippen molar-refractivity contribution >= 4 is 35.5 Å². The molecule has 5 nitrogen and oxygen atoms in total. The zero-order valence-corrected chi connectivity index (χ0v) is 16.0. The summed E-state index contributed by atoms with van der Waals surface area (Å²) in [6.07, 6.45) is 3.79. The minimum absolute atomic E-state index is 0.0828. The Bertz CT molecular complexity index is 801. The van der Waals surface area contributed by atoms with Crippen molar-refractivity contribution in [2.45, 2.75) is 31.6 Å². The van der Waals surface area contributed by atoms with Crippen LogP contribution < -0.4 is 10.7 Å². The van der Waals surface area contributed by atoms with E-state index in [2.05, 4.69) is 15.8 Å². The molecule has 2 aromatic carbocycles. The fourth-order valence-electron chi connectivity index (χ4n) is 2.25. The molecule has 0 radical (unpaired) electrons. The summed E-state index contributed by atoms with van der Waals surface area (Å²) in [5.41, 5.74) is 6.26. The van der Waals surface area contributed by atoms with Gasteiger partial charge in [0.25, 0.3) is 0 Å². The molecule has 2 amide bonds. The molecule has 0 heterocycles. The van der Waals surface area contributed by atoms with E-state index in [-0.39, 0.29) is 24.7 Å². The van der Waals surface area contributed by atoms with Crippen molar-refractivity contribution in [1.29, 1.82) is 0 Å². The second-order valence-electron chi connectivity index (χ2n) is 5.86. The van der Waals surface area contributed by atoms with Crippen molar-refractivity contribution in [3.63, 3.8) is 0 Å². The van der Waals surface area contributed by atoms with Crippen molar-refractivity contribution in [2.24, 2.45) is 5.10 Å². The van der Waals surface area contributed by atoms with Crippen molar-refractivity contribution in [3.8, 4) is 0 Å². The first-order chi connectivity index (χ1) is 12.5. The molecule has 0 saturated heterocycles. The number of nitrogens with one attached hydrogen (secondary N) is 2. The van der Waals surface area contributed by atoms with Gasteiger partial charge >= 0.3 is 0 Å². The Morgan fingerprint density at radius 1 is 1.04 bits per heavy atom. The number of carbonyl (C=O) groups is 2. The van der Waals surface area contributed by atoms with Crippen LogP contribution in [0.4, 0.5) is 5.69 Å². The lowest BCUT2D eigenvalue weighted by atomic mass is 10.1. The third-order valence-corrected chi connectivity index (χ3v) is 4.72. The van der Waals surface area contributed by atoms with Gasteiger partial charge in [-0.15, -0.1) is 11.8 Å². The largest absolute Gasteiger partial charge is 0.326 e. The van der Waals surface area contributed by atoms with Crippen LogP contribution in [0.2, 0.25) is 0 Å². The first kappa shape index (κ1) is 19.7. The summed E-state index contributed by atoms with van der Waals surface area (Å²) in [5.74, 6) is -0.483. The van der Waals surface area contributed by atoms with Crippen LogP contribution in [0.15, 0.2) is 52.5 Å². The molecule has 0 bridgehead atoms. The lowest BCUT2D eigenvalue weighted by Crippen LogP contribution is -2.21. The van der Waals surface area contributed by atoms with Gasteiger partial charge in [0.05, 0.1) is 6.21 Å². The maximum absolute atomic E-state index is 12.0. The lowest BCUT2D eigenvalue weighted by Gasteiger charge is -2.10. The summed E-state index contributed by atoms with van der Waals surface area (Å²) in [4.78, 5) is 25.0. The Morgan fingerprint density at radius 3 is 2.42 bits per heavy atom. The maximum atomic E-state index is 12.0. The molecule has 0 spiro atoms. The predicted octanol–water partition coefficient (Wildman–Crippen LogP) is 3.89. The van der Waals surface area contributed by atoms with Crippen LogP contribution >= 0.6 is 11.8 Å². The summed E-state index contributed by atoms with van der Waals surface area (Å²) in [5, 5.41) is 6.76. The fourth-order valence-corrected chi connectivity index (χ4v) is 2.66. The molecule has 0 aromatic heterocycles. The molecule has 26 heavy (non-hydrogen) atoms. The standard InChI is InChI=1S/C20H23N3O2S/c1-14-5-4-6-18(15(14)2)22-19(24)11-12-20(25)23-21-13-16-7-9-17(26-3)10-8-16/h4-10,13H,11-12H2,1-3H3,(H,22,24)(H,23,25). The Kier molecular flexibility index (Phi) is 7.41. The number of carbonyl (C=O) groups excluding carboxylic acids is 2. The van der Waals surface area contributed by atoms with E-state index in [9.17, 15) is 9.59 Å². The number of hydrazone groups is 1. The summed E-state index contributed by atoms with van der Waals surface area (Å²) in [6, 6.07) is 13.6. The number of anilines is 1. The van der Waals surface area contributed by atoms with Crippen LogP contribution in [0.3, 0.4) is 0 Å². The van der Waals surface area contributed by atoms with Gasteiger partial charge in [0.1, 0.15) is 0 Å². The van der Waals surface area contributed by atoms with Gasteiger partial charge in [-0.1, -0.05) is 24.3 Å². The number of hydrogen-bond donors (Lipinski definition) is 2. The Labute approximate surface area is 158 Å². The molecule has 0 aliphatic heterocycles. The highest BCUT2D eigenvalue weighted by Gasteiger charge is 2.08. The Hall–Kier alpha value is -2.60. The fraction of sp³-hybridized carbons (Fsp3) is 0.250. The summed E-state index contributed by atoms with van der Waals surface area (Å²) in [6.45, 7) is 3.95. The molecular weight excluding hydrogens is 346 g/mol. The molecule has 0 aliphatic carbocycles. The highest BCUT2D eigenvalue weighted by Crippen LogP contribution is 2.18. The van der Waals surface area contributed by atoms with Gasteiger partial charge in [-0.05, 0) is 55.0 Å². The van der Waals surface area contributed by atoms with Crippen LogP contribution in [-0.4, -0.2) is 24.3 Å². The predicted molar refractivity (Wildman–Crippen MR) is 108 cm³/mol. The highest BCUT2D eigenvalue weighted by atomic mass is 32.2. The first-order valence-corrected chi connectivity index (χ1v) is 9.54. The van der Waals surface area contributed by atoms with E-state index in [0.29, 0.717) is 0 Å². The highest BCUT2D eigenvalue weighted by molar-refractivity contribution is 7.98. The number of aryl methyl sites for hydroxylation is 1. The molecule has 0 saturated carbocycles. The van der Waals surface area contributed by atoms with Gasteiger partial charge in [0.2, 0.25) is 11.8 Å². The average molecular weight is 369 g/mol. The monoisotopic (exact) mass is 369 g/mol. The van der Waals surface area contributed by atoms with Crippen molar-refractivity contribution in [1.82, 2.24) is 5.43 Å². The van der Waals surface area contributed by atoms with E-state index in [1.54, 1.807) is 18.0 Å². The third-order valence-electron chi connectivity index (χ3n) is 3.98. The summed E-state index contributed by atoms with van der Waals surface area (Å²) in [7, 11) is 0. The normalized spacial score (nSPS) is 10.7. The van der Waals surface area contributed by atoms with Gasteiger partial charge in [-0.25, -0.2) is 5.43 Å². The van der Waals surface area contributed by atoms with Crippen LogP contribution in [0.25, 0.3) is 0 Å². The van der Waals surface area contributed by atoms with Crippen LogP contribution in [-0.2, 0) is 9.59 Å². The first-order valence-electron chi connectivity index (χ1n) is 8.31. The minimum Gasteiger partial charge on any atom is -0.326 e. The van der Waals surface area contributed by atoms with Gasteiger partial charge in [-0.2, -0.15) is 5.10 Å². The van der Waals surface area contributed by atoms with E-state index in [1.807, 2.05) is 62.6 Å². The summed E-state index contributed by atoms with van der Waals surface area (Å²) >= 11 is 1.67. The zero-order valence-electron chi connectivity index (χ0n) is 15.2. The second kappa shape index (κ2) is 9.77. The molecule has 0 unspecified atom stereocenters. The number of rotatable bonds is 7. The minimum atomic E-state index is -0.293. The van der Waals surface area contributed by atoms with Crippen molar-refractivity contribution in [3.05, 3.63) is 59.2 Å². The smallest absolute Gasteiger partial charge is 0.240 e. The van der Waals surface area contributed by atoms with E-state index >= 15 is 0 Å². The number of hydrogen-bond acceptors (Lipinski definition) is 4. The van der Waals surface area contributed by atoms with Crippen molar-refractivity contribution in [2.75, 3.05) is 11.6 Å². The second-order valence-corrected chi connectivity index (χ2v) is 6.74. The Balaban J connectivity index is 1.76. The molecule has 2 rings (SSSR count). The third kappa shape index (κ3) is 6.04. The molecule has 0 aliphatic rings. The quantitative estimate of drug-likeness (QED) is 0.442. The SMILES string of the molecule is CSc1ccc(C=NNC(=O)CCC(=O)Nc2cccc(C)c2C)cc1. The van der Waals surface area contributed by atoms with E-state index in [4.69, 9.17) is 0 Å². The molecular formula is C20H23N3O2S. The van der Waals surface area contributed by atoms with Gasteiger partial charge in [-0.3, -0.25) is 9.59 Å². The van der Waals surface area contributed by atoms with Crippen LogP contribution in [0, 0.1) is 13.8 Å². The van der Waals surface area contributed by atoms with Gasteiger partial charge in [0, 0.05) is 23.4 Å². The van der Waals surface area contributed by atoms with Crippen molar-refractivity contribution < 1.29 is 9.59 Å². The Morgan fingerprint density at radius 2 is 1.73 bits per heavy atom. The topological polar surface area (TPSA) is 70.6 Å². The van der Waals surface area contributed by atoms with Gasteiger partial charge < -0.3 is 5.32 Å². The molecule has 6 heteroatoms. The van der Waals surface area contributed by atoms with Crippen LogP contribution in [0.1, 0.15) is 29.5 Å². The number of amides is 2. The lowest BCUT2D eigenvalue weighted by molar-refractivity contribution is -0.124. The number of benzene rings is 2. The van der Waals surface area contributed by atoms with E-state index in [0.717, 1.165) is 22.4 Å². The van der Waals surface area contributed by atoms with E-state index in [1.165, 1.54) is 4.90 Å². The number of nitrogens with zero attached hydrogens (tertiary/aromatic N) is 1. The molecule has 0 fully saturated rings. The van der Waals surface area contributed by atoms with Crippen LogP contribution in [0.5, 0.6) is 0 Å². The van der Waals surface area contributed by atoms with E-state index < -0.39 is 0 Å². The maximum Gasteiger partial charge on any atom is 0.240 e. The molecule has 2 aromatic rings. The molecule has 136 valence electrons. The molecule has 0 atom stereocenters. The zero-order chi connectivity index (χ0) is 18.9. The summed E-state index contributed by atoms with van der Waals surface area (Å²) < 4.78 is 0.